The third-order valence-corrected chi connectivity index (χ3v) is 4.17. The Morgan fingerprint density at radius 2 is 1.83 bits per heavy atom. The van der Waals surface area contributed by atoms with Gasteiger partial charge in [0.15, 0.2) is 11.5 Å². The Bertz CT molecular complexity index is 672. The van der Waals surface area contributed by atoms with Gasteiger partial charge in [-0.05, 0) is 24.1 Å². The van der Waals surface area contributed by atoms with Gasteiger partial charge in [-0.3, -0.25) is 4.79 Å². The summed E-state index contributed by atoms with van der Waals surface area (Å²) in [4.78, 5) is 12.6. The second kappa shape index (κ2) is 7.86. The number of amides is 1. The van der Waals surface area contributed by atoms with Crippen molar-refractivity contribution < 1.29 is 14.3 Å². The molecular weight excluding hydrogens is 302 g/mol. The minimum atomic E-state index is -0.165. The van der Waals surface area contributed by atoms with Crippen LogP contribution < -0.4 is 14.8 Å². The number of carbonyl (C=O) groups is 1. The number of hydrogen-bond acceptors (Lipinski definition) is 3. The first-order chi connectivity index (χ1) is 11.8. The predicted octanol–water partition coefficient (Wildman–Crippen LogP) is 3.53. The van der Waals surface area contributed by atoms with Gasteiger partial charge in [-0.25, -0.2) is 0 Å². The minimum absolute atomic E-state index is 0.0468. The van der Waals surface area contributed by atoms with E-state index >= 15 is 0 Å². The van der Waals surface area contributed by atoms with Crippen molar-refractivity contribution in [1.82, 2.24) is 5.32 Å². The number of para-hydroxylation sites is 2. The number of rotatable bonds is 6. The van der Waals surface area contributed by atoms with Crippen molar-refractivity contribution in [2.24, 2.45) is 0 Å². The zero-order valence-corrected chi connectivity index (χ0v) is 13.9. The number of nitrogens with one attached hydrogen (secondary N) is 1. The van der Waals surface area contributed by atoms with E-state index in [0.29, 0.717) is 13.2 Å². The molecule has 0 fully saturated rings. The Balaban J connectivity index is 1.58. The van der Waals surface area contributed by atoms with E-state index in [1.807, 2.05) is 54.6 Å². The van der Waals surface area contributed by atoms with Crippen LogP contribution in [0.5, 0.6) is 11.5 Å². The first kappa shape index (κ1) is 16.4. The number of hydrogen-bond donors (Lipinski definition) is 1. The Kier molecular flexibility index (Phi) is 5.36. The summed E-state index contributed by atoms with van der Waals surface area (Å²) in [7, 11) is 0. The first-order valence-corrected chi connectivity index (χ1v) is 8.49. The Labute approximate surface area is 142 Å². The molecule has 4 heteroatoms. The average Bonchev–Trinajstić information content (AvgIpc) is 2.64. The van der Waals surface area contributed by atoms with Gasteiger partial charge in [0.25, 0.3) is 0 Å². The maximum absolute atomic E-state index is 12.6. The highest BCUT2D eigenvalue weighted by molar-refractivity contribution is 5.83. The molecule has 2 atom stereocenters. The summed E-state index contributed by atoms with van der Waals surface area (Å²) in [6, 6.07) is 17.5. The van der Waals surface area contributed by atoms with E-state index in [2.05, 4.69) is 12.2 Å². The SMILES string of the molecule is CCC[C@H](C(=O)NC[C@H]1COc2ccccc2O1)c1ccccc1. The van der Waals surface area contributed by atoms with Gasteiger partial charge >= 0.3 is 0 Å². The summed E-state index contributed by atoms with van der Waals surface area (Å²) < 4.78 is 11.6. The molecule has 0 aromatic heterocycles. The number of benzene rings is 2. The molecule has 2 aromatic carbocycles. The maximum atomic E-state index is 12.6. The standard InChI is InChI=1S/C20H23NO3/c1-2-8-17(15-9-4-3-5-10-15)20(22)21-13-16-14-23-18-11-6-7-12-19(18)24-16/h3-7,9-12,16-17H,2,8,13-14H2,1H3,(H,21,22)/t16-,17-/m0/s1. The summed E-state index contributed by atoms with van der Waals surface area (Å²) in [6.07, 6.45) is 1.63. The van der Waals surface area contributed by atoms with E-state index in [9.17, 15) is 4.79 Å². The highest BCUT2D eigenvalue weighted by atomic mass is 16.6. The smallest absolute Gasteiger partial charge is 0.227 e. The molecule has 3 rings (SSSR count). The fourth-order valence-corrected chi connectivity index (χ4v) is 2.92. The van der Waals surface area contributed by atoms with Gasteiger partial charge in [0.05, 0.1) is 12.5 Å². The van der Waals surface area contributed by atoms with Crippen LogP contribution in [0.15, 0.2) is 54.6 Å². The topological polar surface area (TPSA) is 47.6 Å². The molecule has 0 unspecified atom stereocenters. The van der Waals surface area contributed by atoms with Crippen LogP contribution in [0.1, 0.15) is 31.2 Å². The highest BCUT2D eigenvalue weighted by Crippen LogP contribution is 2.30. The summed E-state index contributed by atoms with van der Waals surface area (Å²) in [5.41, 5.74) is 1.06. The number of carbonyl (C=O) groups excluding carboxylic acids is 1. The summed E-state index contributed by atoms with van der Waals surface area (Å²) >= 11 is 0. The lowest BCUT2D eigenvalue weighted by Gasteiger charge is -2.27. The number of fused-ring (bicyclic) bond motifs is 1. The van der Waals surface area contributed by atoms with Crippen molar-refractivity contribution in [3.8, 4) is 11.5 Å². The number of ether oxygens (including phenoxy) is 2. The highest BCUT2D eigenvalue weighted by Gasteiger charge is 2.24. The van der Waals surface area contributed by atoms with Crippen LogP contribution >= 0.6 is 0 Å². The molecule has 2 aromatic rings. The maximum Gasteiger partial charge on any atom is 0.227 e. The van der Waals surface area contributed by atoms with Gasteiger partial charge in [0, 0.05) is 0 Å². The lowest BCUT2D eigenvalue weighted by atomic mass is 9.93. The molecule has 1 aliphatic heterocycles. The first-order valence-electron chi connectivity index (χ1n) is 8.49. The molecule has 4 nitrogen and oxygen atoms in total. The van der Waals surface area contributed by atoms with Crippen molar-refractivity contribution >= 4 is 5.91 Å². The molecule has 1 heterocycles. The molecule has 0 radical (unpaired) electrons. The van der Waals surface area contributed by atoms with Crippen molar-refractivity contribution in [2.75, 3.05) is 13.2 Å². The molecule has 1 aliphatic rings. The molecular formula is C20H23NO3. The van der Waals surface area contributed by atoms with E-state index in [4.69, 9.17) is 9.47 Å². The monoisotopic (exact) mass is 325 g/mol. The Hall–Kier alpha value is -2.49. The van der Waals surface area contributed by atoms with Crippen molar-refractivity contribution in [1.29, 1.82) is 0 Å². The molecule has 126 valence electrons. The van der Waals surface area contributed by atoms with Crippen LogP contribution in [0.25, 0.3) is 0 Å². The molecule has 0 aliphatic carbocycles. The second-order valence-electron chi connectivity index (χ2n) is 5.99. The van der Waals surface area contributed by atoms with Crippen molar-refractivity contribution in [3.63, 3.8) is 0 Å². The van der Waals surface area contributed by atoms with Gasteiger partial charge in [0.1, 0.15) is 12.7 Å². The largest absolute Gasteiger partial charge is 0.486 e. The summed E-state index contributed by atoms with van der Waals surface area (Å²) in [5, 5.41) is 3.02. The zero-order chi connectivity index (χ0) is 16.8. The fourth-order valence-electron chi connectivity index (χ4n) is 2.92. The fraction of sp³-hybridized carbons (Fsp3) is 0.350. The van der Waals surface area contributed by atoms with Crippen LogP contribution in [0, 0.1) is 0 Å². The van der Waals surface area contributed by atoms with Crippen LogP contribution in [-0.4, -0.2) is 25.2 Å². The predicted molar refractivity (Wildman–Crippen MR) is 93.5 cm³/mol. The average molecular weight is 325 g/mol. The lowest BCUT2D eigenvalue weighted by molar-refractivity contribution is -0.123. The molecule has 24 heavy (non-hydrogen) atoms. The summed E-state index contributed by atoms with van der Waals surface area (Å²) in [6.45, 7) is 2.99. The molecule has 0 bridgehead atoms. The van der Waals surface area contributed by atoms with Gasteiger partial charge in [0.2, 0.25) is 5.91 Å². The minimum Gasteiger partial charge on any atom is -0.486 e. The molecule has 0 saturated heterocycles. The zero-order valence-electron chi connectivity index (χ0n) is 13.9. The van der Waals surface area contributed by atoms with Crippen LogP contribution in [0.2, 0.25) is 0 Å². The second-order valence-corrected chi connectivity index (χ2v) is 5.99. The molecule has 0 saturated carbocycles. The van der Waals surface area contributed by atoms with E-state index in [-0.39, 0.29) is 17.9 Å². The normalized spacial score (nSPS) is 17.1. The van der Waals surface area contributed by atoms with Crippen LogP contribution in [0.4, 0.5) is 0 Å². The molecule has 0 spiro atoms. The van der Waals surface area contributed by atoms with Crippen molar-refractivity contribution in [2.45, 2.75) is 31.8 Å². The van der Waals surface area contributed by atoms with Gasteiger partial charge in [-0.2, -0.15) is 0 Å². The van der Waals surface area contributed by atoms with Crippen molar-refractivity contribution in [3.05, 3.63) is 60.2 Å². The van der Waals surface area contributed by atoms with Crippen LogP contribution in [-0.2, 0) is 4.79 Å². The molecule has 1 amide bonds. The quantitative estimate of drug-likeness (QED) is 0.884. The van der Waals surface area contributed by atoms with Gasteiger partial charge in [-0.1, -0.05) is 55.8 Å². The van der Waals surface area contributed by atoms with E-state index in [1.54, 1.807) is 0 Å². The summed E-state index contributed by atoms with van der Waals surface area (Å²) in [5.74, 6) is 1.42. The van der Waals surface area contributed by atoms with E-state index in [1.165, 1.54) is 0 Å². The van der Waals surface area contributed by atoms with Gasteiger partial charge in [-0.15, -0.1) is 0 Å². The van der Waals surface area contributed by atoms with Gasteiger partial charge < -0.3 is 14.8 Å². The lowest BCUT2D eigenvalue weighted by Crippen LogP contribution is -2.42. The van der Waals surface area contributed by atoms with E-state index < -0.39 is 0 Å². The third-order valence-electron chi connectivity index (χ3n) is 4.17. The molecule has 1 N–H and O–H groups in total. The third kappa shape index (κ3) is 3.88. The Morgan fingerprint density at radius 1 is 1.12 bits per heavy atom. The van der Waals surface area contributed by atoms with E-state index in [0.717, 1.165) is 29.9 Å². The van der Waals surface area contributed by atoms with Crippen LogP contribution in [0.3, 0.4) is 0 Å². The Morgan fingerprint density at radius 3 is 2.58 bits per heavy atom.